The van der Waals surface area contributed by atoms with Gasteiger partial charge in [-0.25, -0.2) is 9.37 Å². The van der Waals surface area contributed by atoms with Gasteiger partial charge in [-0.1, -0.05) is 0 Å². The molecule has 2 rings (SSSR count). The fraction of sp³-hybridized carbons (Fsp3) is 0.154. The number of benzene rings is 1. The van der Waals surface area contributed by atoms with Gasteiger partial charge in [0.25, 0.3) is 5.91 Å². The van der Waals surface area contributed by atoms with Gasteiger partial charge in [-0.2, -0.15) is 0 Å². The van der Waals surface area contributed by atoms with E-state index in [4.69, 9.17) is 4.74 Å². The molecule has 1 aromatic carbocycles. The van der Waals surface area contributed by atoms with Crippen molar-refractivity contribution in [2.45, 2.75) is 0 Å². The van der Waals surface area contributed by atoms with E-state index in [0.29, 0.717) is 11.5 Å². The minimum atomic E-state index is -0.498. The van der Waals surface area contributed by atoms with Gasteiger partial charge in [0, 0.05) is 18.8 Å². The van der Waals surface area contributed by atoms with Crippen LogP contribution in [0.2, 0.25) is 0 Å². The number of methoxy groups -OCH3 is 1. The first-order chi connectivity index (χ1) is 9.63. The molecule has 0 atom stereocenters. The average molecular weight is 276 g/mol. The highest BCUT2D eigenvalue weighted by Gasteiger charge is 2.11. The molecule has 2 N–H and O–H groups in total. The molecule has 7 heteroatoms. The Balaban J connectivity index is 2.18. The first kappa shape index (κ1) is 13.7. The number of ether oxygens (including phenoxy) is 1. The van der Waals surface area contributed by atoms with Crippen LogP contribution < -0.4 is 15.4 Å². The van der Waals surface area contributed by atoms with Crippen molar-refractivity contribution in [2.24, 2.45) is 0 Å². The number of halogens is 1. The number of carbonyl (C=O) groups excluding carboxylic acids is 1. The van der Waals surface area contributed by atoms with Crippen LogP contribution >= 0.6 is 0 Å². The number of hydrogen-bond acceptors (Lipinski definition) is 5. The van der Waals surface area contributed by atoms with Crippen molar-refractivity contribution >= 4 is 17.4 Å². The van der Waals surface area contributed by atoms with E-state index in [0.717, 1.165) is 0 Å². The number of nitrogens with zero attached hydrogens (tertiary/aromatic N) is 2. The molecule has 0 aliphatic rings. The topological polar surface area (TPSA) is 76.1 Å². The Morgan fingerprint density at radius 1 is 1.35 bits per heavy atom. The molecule has 6 nitrogen and oxygen atoms in total. The Hall–Kier alpha value is -2.70. The normalized spacial score (nSPS) is 9.95. The summed E-state index contributed by atoms with van der Waals surface area (Å²) in [6.07, 6.45) is 2.84. The van der Waals surface area contributed by atoms with E-state index in [2.05, 4.69) is 20.6 Å². The lowest BCUT2D eigenvalue weighted by Gasteiger charge is -2.08. The molecule has 0 fully saturated rings. The Kier molecular flexibility index (Phi) is 4.09. The fourth-order valence-corrected chi connectivity index (χ4v) is 1.53. The summed E-state index contributed by atoms with van der Waals surface area (Å²) in [6.45, 7) is 0. The molecule has 0 radical (unpaired) electrons. The maximum Gasteiger partial charge on any atom is 0.275 e. The van der Waals surface area contributed by atoms with E-state index in [9.17, 15) is 9.18 Å². The molecular formula is C13H13FN4O2. The molecule has 0 spiro atoms. The van der Waals surface area contributed by atoms with Crippen LogP contribution in [0, 0.1) is 5.82 Å². The summed E-state index contributed by atoms with van der Waals surface area (Å²) < 4.78 is 18.1. The molecule has 0 saturated heterocycles. The zero-order valence-corrected chi connectivity index (χ0v) is 11.0. The molecule has 20 heavy (non-hydrogen) atoms. The van der Waals surface area contributed by atoms with E-state index < -0.39 is 11.7 Å². The molecule has 0 saturated carbocycles. The number of anilines is 2. The monoisotopic (exact) mass is 276 g/mol. The summed E-state index contributed by atoms with van der Waals surface area (Å²) in [5, 5.41) is 5.38. The van der Waals surface area contributed by atoms with E-state index >= 15 is 0 Å². The third-order valence-electron chi connectivity index (χ3n) is 2.53. The van der Waals surface area contributed by atoms with Crippen LogP contribution in [0.25, 0.3) is 0 Å². The Bertz CT molecular complexity index is 634. The number of hydrogen-bond donors (Lipinski definition) is 2. The molecule has 1 amide bonds. The number of amides is 1. The largest absolute Gasteiger partial charge is 0.494 e. The fourth-order valence-electron chi connectivity index (χ4n) is 1.53. The predicted molar refractivity (Wildman–Crippen MR) is 72.5 cm³/mol. The van der Waals surface area contributed by atoms with Crippen LogP contribution in [0.3, 0.4) is 0 Å². The number of aromatic nitrogens is 2. The smallest absolute Gasteiger partial charge is 0.275 e. The Morgan fingerprint density at radius 2 is 2.15 bits per heavy atom. The predicted octanol–water partition coefficient (Wildman–Crippen LogP) is 1.92. The zero-order chi connectivity index (χ0) is 14.5. The van der Waals surface area contributed by atoms with Crippen LogP contribution in [0.4, 0.5) is 15.9 Å². The molecule has 1 heterocycles. The molecular weight excluding hydrogens is 263 g/mol. The highest BCUT2D eigenvalue weighted by Crippen LogP contribution is 2.21. The Labute approximate surface area is 115 Å². The Morgan fingerprint density at radius 3 is 2.85 bits per heavy atom. The van der Waals surface area contributed by atoms with Crippen LogP contribution in [-0.4, -0.2) is 30.0 Å². The van der Waals surface area contributed by atoms with E-state index in [1.54, 1.807) is 7.05 Å². The zero-order valence-electron chi connectivity index (χ0n) is 11.0. The van der Waals surface area contributed by atoms with Crippen molar-refractivity contribution < 1.29 is 13.9 Å². The number of carbonyl (C=O) groups is 1. The third kappa shape index (κ3) is 3.00. The molecule has 0 aliphatic carbocycles. The molecule has 2 aromatic rings. The lowest BCUT2D eigenvalue weighted by atomic mass is 10.2. The molecule has 0 unspecified atom stereocenters. The maximum absolute atomic E-state index is 13.3. The average Bonchev–Trinajstić information content (AvgIpc) is 2.49. The maximum atomic E-state index is 13.3. The van der Waals surface area contributed by atoms with Crippen molar-refractivity contribution in [2.75, 3.05) is 24.8 Å². The van der Waals surface area contributed by atoms with E-state index in [1.807, 2.05) is 0 Å². The first-order valence-electron chi connectivity index (χ1n) is 5.78. The quantitative estimate of drug-likeness (QED) is 0.892. The van der Waals surface area contributed by atoms with Crippen molar-refractivity contribution in [3.63, 3.8) is 0 Å². The van der Waals surface area contributed by atoms with Crippen molar-refractivity contribution in [1.29, 1.82) is 0 Å². The van der Waals surface area contributed by atoms with Gasteiger partial charge >= 0.3 is 0 Å². The van der Waals surface area contributed by atoms with Gasteiger partial charge in [-0.3, -0.25) is 9.78 Å². The third-order valence-corrected chi connectivity index (χ3v) is 2.53. The van der Waals surface area contributed by atoms with Gasteiger partial charge in [-0.05, 0) is 12.1 Å². The minimum Gasteiger partial charge on any atom is -0.494 e. The van der Waals surface area contributed by atoms with Gasteiger partial charge < -0.3 is 15.4 Å². The van der Waals surface area contributed by atoms with Gasteiger partial charge in [0.2, 0.25) is 0 Å². The van der Waals surface area contributed by atoms with Gasteiger partial charge in [-0.15, -0.1) is 0 Å². The van der Waals surface area contributed by atoms with Crippen LogP contribution in [0.5, 0.6) is 5.75 Å². The summed E-state index contributed by atoms with van der Waals surface area (Å²) in [5.41, 5.74) is 0.560. The van der Waals surface area contributed by atoms with E-state index in [1.165, 1.54) is 37.7 Å². The van der Waals surface area contributed by atoms with Crippen LogP contribution in [-0.2, 0) is 0 Å². The van der Waals surface area contributed by atoms with Crippen LogP contribution in [0.15, 0.2) is 30.6 Å². The number of nitrogens with one attached hydrogen (secondary N) is 2. The van der Waals surface area contributed by atoms with Crippen molar-refractivity contribution in [3.05, 3.63) is 42.1 Å². The van der Waals surface area contributed by atoms with Gasteiger partial charge in [0.1, 0.15) is 11.5 Å². The second-order valence-electron chi connectivity index (χ2n) is 3.84. The molecule has 0 bridgehead atoms. The lowest BCUT2D eigenvalue weighted by molar-refractivity contribution is 0.102. The number of rotatable bonds is 4. The van der Waals surface area contributed by atoms with Crippen LogP contribution in [0.1, 0.15) is 10.5 Å². The SMILES string of the molecule is CNc1cncc(C(=O)Nc2ccc(F)c(OC)c2)n1. The second kappa shape index (κ2) is 5.96. The van der Waals surface area contributed by atoms with Gasteiger partial charge in [0.05, 0.1) is 19.5 Å². The summed E-state index contributed by atoms with van der Waals surface area (Å²) in [6, 6.07) is 4.04. The summed E-state index contributed by atoms with van der Waals surface area (Å²) in [7, 11) is 3.03. The summed E-state index contributed by atoms with van der Waals surface area (Å²) >= 11 is 0. The van der Waals surface area contributed by atoms with Crippen molar-refractivity contribution in [1.82, 2.24) is 9.97 Å². The van der Waals surface area contributed by atoms with Crippen molar-refractivity contribution in [3.8, 4) is 5.75 Å². The first-order valence-corrected chi connectivity index (χ1v) is 5.78. The second-order valence-corrected chi connectivity index (χ2v) is 3.84. The molecule has 0 aliphatic heterocycles. The summed E-state index contributed by atoms with van der Waals surface area (Å²) in [5.74, 6) is -0.405. The summed E-state index contributed by atoms with van der Waals surface area (Å²) in [4.78, 5) is 19.9. The standard InChI is InChI=1S/C13H13FN4O2/c1-15-12-7-16-6-10(18-12)13(19)17-8-3-4-9(14)11(5-8)20-2/h3-7H,1-2H3,(H,15,18)(H,17,19). The minimum absolute atomic E-state index is 0.0536. The van der Waals surface area contributed by atoms with Gasteiger partial charge in [0.15, 0.2) is 11.6 Å². The van der Waals surface area contributed by atoms with E-state index in [-0.39, 0.29) is 11.4 Å². The molecule has 1 aromatic heterocycles. The highest BCUT2D eigenvalue weighted by atomic mass is 19.1. The highest BCUT2D eigenvalue weighted by molar-refractivity contribution is 6.02. The molecule has 104 valence electrons. The lowest BCUT2D eigenvalue weighted by Crippen LogP contribution is -2.15.